The predicted octanol–water partition coefficient (Wildman–Crippen LogP) is 3.46. The van der Waals surface area contributed by atoms with Gasteiger partial charge in [0.1, 0.15) is 5.75 Å². The lowest BCUT2D eigenvalue weighted by atomic mass is 10.2. The maximum Gasteiger partial charge on any atom is 0.133 e. The average molecular weight is 286 g/mol. The van der Waals surface area contributed by atoms with Crippen molar-refractivity contribution in [2.24, 2.45) is 5.92 Å². The molecule has 1 aromatic rings. The second-order valence-electron chi connectivity index (χ2n) is 4.05. The van der Waals surface area contributed by atoms with Crippen LogP contribution in [0, 0.1) is 5.92 Å². The van der Waals surface area contributed by atoms with Gasteiger partial charge >= 0.3 is 0 Å². The van der Waals surface area contributed by atoms with Gasteiger partial charge in [0.05, 0.1) is 11.1 Å². The lowest BCUT2D eigenvalue weighted by molar-refractivity contribution is 0.254. The monoisotopic (exact) mass is 285 g/mol. The van der Waals surface area contributed by atoms with Crippen molar-refractivity contribution in [1.29, 1.82) is 0 Å². The Morgan fingerprint density at radius 3 is 2.81 bits per heavy atom. The van der Waals surface area contributed by atoms with E-state index in [1.54, 1.807) is 0 Å². The molecule has 0 aromatic heterocycles. The highest BCUT2D eigenvalue weighted by Crippen LogP contribution is 2.24. The van der Waals surface area contributed by atoms with Gasteiger partial charge in [-0.3, -0.25) is 0 Å². The first-order valence-electron chi connectivity index (χ1n) is 5.82. The predicted molar refractivity (Wildman–Crippen MR) is 72.0 cm³/mol. The molecule has 0 aliphatic rings. The molecule has 0 saturated carbocycles. The summed E-state index contributed by atoms with van der Waals surface area (Å²) in [6.07, 6.45) is 1.18. The van der Waals surface area contributed by atoms with Crippen LogP contribution in [-0.4, -0.2) is 19.7 Å². The quantitative estimate of drug-likeness (QED) is 0.775. The third-order valence-electron chi connectivity index (χ3n) is 2.28. The number of hydrogen-bond acceptors (Lipinski definition) is 2. The highest BCUT2D eigenvalue weighted by Gasteiger charge is 2.04. The summed E-state index contributed by atoms with van der Waals surface area (Å²) in [7, 11) is 0. The number of rotatable bonds is 7. The Kier molecular flexibility index (Phi) is 6.50. The Balaban J connectivity index is 2.26. The summed E-state index contributed by atoms with van der Waals surface area (Å²) in [6, 6.07) is 7.95. The Morgan fingerprint density at radius 1 is 1.38 bits per heavy atom. The van der Waals surface area contributed by atoms with Crippen LogP contribution in [0.1, 0.15) is 20.3 Å². The molecule has 1 rings (SSSR count). The first-order valence-corrected chi connectivity index (χ1v) is 6.61. The van der Waals surface area contributed by atoms with Crippen molar-refractivity contribution >= 4 is 15.9 Å². The molecule has 16 heavy (non-hydrogen) atoms. The maximum absolute atomic E-state index is 5.74. The largest absolute Gasteiger partial charge is 0.492 e. The van der Waals surface area contributed by atoms with Gasteiger partial charge in [0, 0.05) is 12.5 Å². The number of halogens is 1. The van der Waals surface area contributed by atoms with Crippen LogP contribution in [0.25, 0.3) is 0 Å². The summed E-state index contributed by atoms with van der Waals surface area (Å²) in [5.41, 5.74) is 0. The van der Waals surface area contributed by atoms with Crippen LogP contribution in [0.2, 0.25) is 0 Å². The highest BCUT2D eigenvalue weighted by atomic mass is 79.9. The number of nitrogens with one attached hydrogen (secondary N) is 1. The Labute approximate surface area is 107 Å². The van der Waals surface area contributed by atoms with E-state index in [9.17, 15) is 0 Å². The fraction of sp³-hybridized carbons (Fsp3) is 0.538. The summed E-state index contributed by atoms with van der Waals surface area (Å²) in [4.78, 5) is 0. The molecule has 0 bridgehead atoms. The van der Waals surface area contributed by atoms with Gasteiger partial charge in [-0.15, -0.1) is 0 Å². The van der Waals surface area contributed by atoms with Crippen LogP contribution in [-0.2, 0) is 0 Å². The third-order valence-corrected chi connectivity index (χ3v) is 2.93. The van der Waals surface area contributed by atoms with E-state index < -0.39 is 0 Å². The van der Waals surface area contributed by atoms with Crippen LogP contribution in [0.3, 0.4) is 0 Å². The SMILES string of the molecule is CCCNCC(C)COc1ccccc1Br. The molecule has 0 amide bonds. The molecule has 0 saturated heterocycles. The van der Waals surface area contributed by atoms with Crippen molar-refractivity contribution in [2.75, 3.05) is 19.7 Å². The molecule has 1 N–H and O–H groups in total. The third kappa shape index (κ3) is 4.99. The molecule has 0 fully saturated rings. The van der Waals surface area contributed by atoms with Crippen LogP contribution in [0.5, 0.6) is 5.75 Å². The Hall–Kier alpha value is -0.540. The average Bonchev–Trinajstić information content (AvgIpc) is 2.28. The molecular weight excluding hydrogens is 266 g/mol. The second kappa shape index (κ2) is 7.69. The van der Waals surface area contributed by atoms with Crippen LogP contribution >= 0.6 is 15.9 Å². The smallest absolute Gasteiger partial charge is 0.133 e. The van der Waals surface area contributed by atoms with Gasteiger partial charge in [-0.05, 0) is 41.0 Å². The van der Waals surface area contributed by atoms with E-state index in [1.807, 2.05) is 24.3 Å². The lowest BCUT2D eigenvalue weighted by Crippen LogP contribution is -2.25. The van der Waals surface area contributed by atoms with E-state index in [2.05, 4.69) is 35.1 Å². The summed E-state index contributed by atoms with van der Waals surface area (Å²) in [5, 5.41) is 3.39. The molecular formula is C13H20BrNO. The van der Waals surface area contributed by atoms with E-state index >= 15 is 0 Å². The number of benzene rings is 1. The van der Waals surface area contributed by atoms with Crippen molar-refractivity contribution < 1.29 is 4.74 Å². The molecule has 90 valence electrons. The molecule has 0 aliphatic carbocycles. The van der Waals surface area contributed by atoms with Gasteiger partial charge in [0.15, 0.2) is 0 Å². The summed E-state index contributed by atoms with van der Waals surface area (Å²) in [6.45, 7) is 7.21. The topological polar surface area (TPSA) is 21.3 Å². The zero-order valence-electron chi connectivity index (χ0n) is 10.0. The van der Waals surface area contributed by atoms with Crippen molar-refractivity contribution in [2.45, 2.75) is 20.3 Å². The number of hydrogen-bond donors (Lipinski definition) is 1. The van der Waals surface area contributed by atoms with E-state index in [0.29, 0.717) is 5.92 Å². The van der Waals surface area contributed by atoms with Crippen molar-refractivity contribution in [3.63, 3.8) is 0 Å². The molecule has 0 heterocycles. The zero-order valence-corrected chi connectivity index (χ0v) is 11.6. The van der Waals surface area contributed by atoms with E-state index in [4.69, 9.17) is 4.74 Å². The molecule has 3 heteroatoms. The Morgan fingerprint density at radius 2 is 2.12 bits per heavy atom. The molecule has 1 aromatic carbocycles. The molecule has 0 spiro atoms. The molecule has 1 atom stereocenters. The van der Waals surface area contributed by atoms with Crippen molar-refractivity contribution in [3.8, 4) is 5.75 Å². The molecule has 0 radical (unpaired) electrons. The maximum atomic E-state index is 5.74. The summed E-state index contributed by atoms with van der Waals surface area (Å²) >= 11 is 3.47. The fourth-order valence-corrected chi connectivity index (χ4v) is 1.78. The number of ether oxygens (including phenoxy) is 1. The van der Waals surface area contributed by atoms with Gasteiger partial charge in [0.25, 0.3) is 0 Å². The van der Waals surface area contributed by atoms with Gasteiger partial charge in [-0.25, -0.2) is 0 Å². The van der Waals surface area contributed by atoms with Crippen molar-refractivity contribution in [1.82, 2.24) is 5.32 Å². The standard InChI is InChI=1S/C13H20BrNO/c1-3-8-15-9-11(2)10-16-13-7-5-4-6-12(13)14/h4-7,11,15H,3,8-10H2,1-2H3. The number of para-hydroxylation sites is 1. The van der Waals surface area contributed by atoms with Gasteiger partial charge in [-0.2, -0.15) is 0 Å². The minimum Gasteiger partial charge on any atom is -0.492 e. The summed E-state index contributed by atoms with van der Waals surface area (Å²) < 4.78 is 6.76. The Bertz CT molecular complexity index is 304. The minimum absolute atomic E-state index is 0.527. The second-order valence-corrected chi connectivity index (χ2v) is 4.91. The zero-order chi connectivity index (χ0) is 11.8. The first kappa shape index (κ1) is 13.5. The first-order chi connectivity index (χ1) is 7.74. The highest BCUT2D eigenvalue weighted by molar-refractivity contribution is 9.10. The van der Waals surface area contributed by atoms with Gasteiger partial charge in [0.2, 0.25) is 0 Å². The minimum atomic E-state index is 0.527. The van der Waals surface area contributed by atoms with E-state index in [1.165, 1.54) is 6.42 Å². The van der Waals surface area contributed by atoms with E-state index in [0.717, 1.165) is 29.9 Å². The normalized spacial score (nSPS) is 12.4. The van der Waals surface area contributed by atoms with Crippen LogP contribution < -0.4 is 10.1 Å². The van der Waals surface area contributed by atoms with Crippen LogP contribution in [0.15, 0.2) is 28.7 Å². The summed E-state index contributed by atoms with van der Waals surface area (Å²) in [5.74, 6) is 1.45. The van der Waals surface area contributed by atoms with E-state index in [-0.39, 0.29) is 0 Å². The van der Waals surface area contributed by atoms with Crippen molar-refractivity contribution in [3.05, 3.63) is 28.7 Å². The van der Waals surface area contributed by atoms with Gasteiger partial charge < -0.3 is 10.1 Å². The molecule has 0 aliphatic heterocycles. The fourth-order valence-electron chi connectivity index (χ4n) is 1.38. The lowest BCUT2D eigenvalue weighted by Gasteiger charge is -2.14. The van der Waals surface area contributed by atoms with Gasteiger partial charge in [-0.1, -0.05) is 26.0 Å². The molecule has 1 unspecified atom stereocenters. The molecule has 2 nitrogen and oxygen atoms in total. The van der Waals surface area contributed by atoms with Crippen LogP contribution in [0.4, 0.5) is 0 Å².